The van der Waals surface area contributed by atoms with Crippen LogP contribution in [-0.2, 0) is 4.79 Å². The Labute approximate surface area is 103 Å². The topological polar surface area (TPSA) is 66.6 Å². The van der Waals surface area contributed by atoms with Crippen LogP contribution in [0.3, 0.4) is 0 Å². The minimum Gasteiger partial charge on any atom is -0.393 e. The monoisotopic (exact) mass is 240 g/mol. The Morgan fingerprint density at radius 2 is 1.94 bits per heavy atom. The van der Waals surface area contributed by atoms with Crippen LogP contribution >= 0.6 is 0 Å². The minimum atomic E-state index is -0.377. The Bertz CT molecular complexity index is 281. The largest absolute Gasteiger partial charge is 0.393 e. The highest BCUT2D eigenvalue weighted by Crippen LogP contribution is 2.36. The second kappa shape index (κ2) is 4.94. The number of fused-ring (bicyclic) bond motifs is 2. The predicted octanol–water partition coefficient (Wildman–Crippen LogP) is 0.874. The zero-order chi connectivity index (χ0) is 12.6. The molecule has 0 spiro atoms. The lowest BCUT2D eigenvalue weighted by atomic mass is 9.94. The molecule has 4 unspecified atom stereocenters. The average Bonchev–Trinajstić information content (AvgIpc) is 2.58. The highest BCUT2D eigenvalue weighted by molar-refractivity contribution is 5.83. The first-order chi connectivity index (χ1) is 8.04. The molecule has 2 aliphatic rings. The number of carbonyl (C=O) groups is 1. The normalized spacial score (nSPS) is 35.8. The number of hydrogen-bond acceptors (Lipinski definition) is 3. The van der Waals surface area contributed by atoms with Crippen molar-refractivity contribution < 1.29 is 9.90 Å². The van der Waals surface area contributed by atoms with Gasteiger partial charge in [0.25, 0.3) is 0 Å². The molecule has 1 amide bonds. The summed E-state index contributed by atoms with van der Waals surface area (Å²) in [6.07, 6.45) is 4.22. The van der Waals surface area contributed by atoms with E-state index in [-0.39, 0.29) is 36.1 Å². The van der Waals surface area contributed by atoms with Crippen molar-refractivity contribution in [3.05, 3.63) is 0 Å². The van der Waals surface area contributed by atoms with Gasteiger partial charge in [0.15, 0.2) is 0 Å². The molecule has 17 heavy (non-hydrogen) atoms. The van der Waals surface area contributed by atoms with Gasteiger partial charge in [-0.2, -0.15) is 0 Å². The van der Waals surface area contributed by atoms with Crippen molar-refractivity contribution in [3.63, 3.8) is 0 Å². The molecule has 0 radical (unpaired) electrons. The van der Waals surface area contributed by atoms with Crippen molar-refractivity contribution in [2.45, 2.75) is 70.2 Å². The molecule has 3 N–H and O–H groups in total. The van der Waals surface area contributed by atoms with Gasteiger partial charge in [-0.1, -0.05) is 20.3 Å². The summed E-state index contributed by atoms with van der Waals surface area (Å²) < 4.78 is 0. The van der Waals surface area contributed by atoms with Gasteiger partial charge in [0.1, 0.15) is 0 Å². The van der Waals surface area contributed by atoms with Crippen molar-refractivity contribution in [1.29, 1.82) is 0 Å². The number of nitrogens with zero attached hydrogens (tertiary/aromatic N) is 1. The molecule has 0 aliphatic carbocycles. The number of nitrogens with two attached hydrogens (primary N) is 1. The van der Waals surface area contributed by atoms with Crippen molar-refractivity contribution in [1.82, 2.24) is 4.90 Å². The van der Waals surface area contributed by atoms with Crippen LogP contribution in [0.4, 0.5) is 0 Å². The maximum Gasteiger partial charge on any atom is 0.240 e. The van der Waals surface area contributed by atoms with Gasteiger partial charge < -0.3 is 15.7 Å². The van der Waals surface area contributed by atoms with E-state index in [0.717, 1.165) is 32.1 Å². The fourth-order valence-electron chi connectivity index (χ4n) is 3.18. The molecule has 4 nitrogen and oxygen atoms in total. The molecule has 4 atom stereocenters. The van der Waals surface area contributed by atoms with E-state index in [4.69, 9.17) is 5.73 Å². The number of aliphatic hydroxyl groups excluding tert-OH is 1. The molecule has 2 rings (SSSR count). The second-order valence-corrected chi connectivity index (χ2v) is 5.67. The van der Waals surface area contributed by atoms with Crippen molar-refractivity contribution in [2.75, 3.05) is 0 Å². The lowest BCUT2D eigenvalue weighted by molar-refractivity contribution is -0.140. The lowest BCUT2D eigenvalue weighted by Gasteiger charge is -2.39. The standard InChI is InChI=1S/C13H24N2O2/c1-3-8(2)12(14)13(17)15-9-4-5-10(15)7-11(16)6-9/h8-12,16H,3-7,14H2,1-2H3. The van der Waals surface area contributed by atoms with Crippen molar-refractivity contribution >= 4 is 5.91 Å². The highest BCUT2D eigenvalue weighted by Gasteiger charge is 2.44. The molecule has 0 aromatic rings. The summed E-state index contributed by atoms with van der Waals surface area (Å²) >= 11 is 0. The molecule has 2 heterocycles. The molecule has 98 valence electrons. The van der Waals surface area contributed by atoms with E-state index in [0.29, 0.717) is 0 Å². The predicted molar refractivity (Wildman–Crippen MR) is 66.3 cm³/mol. The summed E-state index contributed by atoms with van der Waals surface area (Å²) in [6.45, 7) is 4.09. The van der Waals surface area contributed by atoms with E-state index in [9.17, 15) is 9.90 Å². The van der Waals surface area contributed by atoms with Gasteiger partial charge in [0.05, 0.1) is 12.1 Å². The first-order valence-electron chi connectivity index (χ1n) is 6.80. The van der Waals surface area contributed by atoms with E-state index >= 15 is 0 Å². The Balaban J connectivity index is 2.06. The minimum absolute atomic E-state index is 0.0961. The Morgan fingerprint density at radius 1 is 1.41 bits per heavy atom. The lowest BCUT2D eigenvalue weighted by Crippen LogP contribution is -2.55. The number of amides is 1. The number of piperidine rings is 1. The van der Waals surface area contributed by atoms with Crippen LogP contribution in [0, 0.1) is 5.92 Å². The van der Waals surface area contributed by atoms with E-state index < -0.39 is 0 Å². The van der Waals surface area contributed by atoms with Crippen molar-refractivity contribution in [2.24, 2.45) is 11.7 Å². The number of rotatable bonds is 3. The van der Waals surface area contributed by atoms with Crippen LogP contribution in [-0.4, -0.2) is 40.1 Å². The second-order valence-electron chi connectivity index (χ2n) is 5.67. The quantitative estimate of drug-likeness (QED) is 0.769. The van der Waals surface area contributed by atoms with Gasteiger partial charge in [-0.15, -0.1) is 0 Å². The first-order valence-corrected chi connectivity index (χ1v) is 6.80. The van der Waals surface area contributed by atoms with Crippen LogP contribution in [0.15, 0.2) is 0 Å². The van der Waals surface area contributed by atoms with E-state index in [1.807, 2.05) is 11.8 Å². The maximum atomic E-state index is 12.4. The molecule has 2 saturated heterocycles. The van der Waals surface area contributed by atoms with Crippen LogP contribution in [0.25, 0.3) is 0 Å². The van der Waals surface area contributed by atoms with Crippen molar-refractivity contribution in [3.8, 4) is 0 Å². The summed E-state index contributed by atoms with van der Waals surface area (Å²) in [5, 5.41) is 9.71. The number of carbonyl (C=O) groups excluding carboxylic acids is 1. The smallest absolute Gasteiger partial charge is 0.240 e. The zero-order valence-electron chi connectivity index (χ0n) is 10.8. The zero-order valence-corrected chi connectivity index (χ0v) is 10.8. The van der Waals surface area contributed by atoms with Crippen LogP contribution < -0.4 is 5.73 Å². The number of hydrogen-bond donors (Lipinski definition) is 2. The molecular formula is C13H24N2O2. The van der Waals surface area contributed by atoms with E-state index in [2.05, 4.69) is 6.92 Å². The fourth-order valence-corrected chi connectivity index (χ4v) is 3.18. The van der Waals surface area contributed by atoms with Gasteiger partial charge in [-0.05, 0) is 31.6 Å². The third kappa shape index (κ3) is 2.33. The fraction of sp³-hybridized carbons (Fsp3) is 0.923. The van der Waals surface area contributed by atoms with Gasteiger partial charge in [-0.25, -0.2) is 0 Å². The molecule has 2 fully saturated rings. The van der Waals surface area contributed by atoms with Gasteiger partial charge in [0.2, 0.25) is 5.91 Å². The third-order valence-electron chi connectivity index (χ3n) is 4.50. The Kier molecular flexibility index (Phi) is 3.73. The van der Waals surface area contributed by atoms with Gasteiger partial charge >= 0.3 is 0 Å². The SMILES string of the molecule is CCC(C)C(N)C(=O)N1C2CCC1CC(O)C2. The van der Waals surface area contributed by atoms with Gasteiger partial charge in [-0.3, -0.25) is 4.79 Å². The molecule has 2 bridgehead atoms. The Hall–Kier alpha value is -0.610. The van der Waals surface area contributed by atoms with Crippen LogP contribution in [0.5, 0.6) is 0 Å². The number of aliphatic hydroxyl groups is 1. The third-order valence-corrected chi connectivity index (χ3v) is 4.50. The molecule has 0 saturated carbocycles. The molecule has 0 aromatic heterocycles. The van der Waals surface area contributed by atoms with E-state index in [1.54, 1.807) is 0 Å². The molecule has 0 aromatic carbocycles. The van der Waals surface area contributed by atoms with Gasteiger partial charge in [0, 0.05) is 12.1 Å². The molecule has 4 heteroatoms. The maximum absolute atomic E-state index is 12.4. The summed E-state index contributed by atoms with van der Waals surface area (Å²) in [7, 11) is 0. The summed E-state index contributed by atoms with van der Waals surface area (Å²) in [5.41, 5.74) is 6.04. The molecule has 2 aliphatic heterocycles. The summed E-state index contributed by atoms with van der Waals surface area (Å²) in [6, 6.07) is 0.0797. The Morgan fingerprint density at radius 3 is 2.41 bits per heavy atom. The van der Waals surface area contributed by atoms with Crippen LogP contribution in [0.2, 0.25) is 0 Å². The highest BCUT2D eigenvalue weighted by atomic mass is 16.3. The van der Waals surface area contributed by atoms with E-state index in [1.165, 1.54) is 0 Å². The average molecular weight is 240 g/mol. The molecular weight excluding hydrogens is 216 g/mol. The summed E-state index contributed by atoms with van der Waals surface area (Å²) in [4.78, 5) is 14.4. The van der Waals surface area contributed by atoms with Crippen LogP contribution in [0.1, 0.15) is 46.0 Å². The first kappa shape index (κ1) is 12.8. The summed E-state index contributed by atoms with van der Waals surface area (Å²) in [5.74, 6) is 0.326.